The molecule has 1 amide bonds. The van der Waals surface area contributed by atoms with E-state index in [0.717, 1.165) is 24.2 Å². The molecule has 23 heavy (non-hydrogen) atoms. The Balaban J connectivity index is 1.57. The van der Waals surface area contributed by atoms with Crippen LogP contribution in [-0.2, 0) is 21.2 Å². The molecule has 0 bridgehead atoms. The van der Waals surface area contributed by atoms with Gasteiger partial charge in [0, 0.05) is 37.3 Å². The van der Waals surface area contributed by atoms with Crippen LogP contribution in [-0.4, -0.2) is 70.8 Å². The Morgan fingerprint density at radius 2 is 2.04 bits per heavy atom. The third kappa shape index (κ3) is 2.78. The molecule has 7 nitrogen and oxygen atoms in total. The molecule has 2 atom stereocenters. The zero-order valence-corrected chi connectivity index (χ0v) is 14.1. The van der Waals surface area contributed by atoms with Crippen LogP contribution in [0.4, 0.5) is 0 Å². The van der Waals surface area contributed by atoms with Gasteiger partial charge in [-0.25, -0.2) is 13.4 Å². The van der Waals surface area contributed by atoms with Gasteiger partial charge in [0.2, 0.25) is 5.91 Å². The zero-order chi connectivity index (χ0) is 16.2. The minimum Gasteiger partial charge on any atom is -0.348 e. The molecule has 1 aliphatic carbocycles. The van der Waals surface area contributed by atoms with Crippen LogP contribution >= 0.6 is 0 Å². The van der Waals surface area contributed by atoms with Crippen molar-refractivity contribution in [2.75, 3.05) is 24.6 Å². The highest BCUT2D eigenvalue weighted by Gasteiger charge is 2.49. The predicted molar refractivity (Wildman–Crippen MR) is 84.4 cm³/mol. The van der Waals surface area contributed by atoms with Gasteiger partial charge in [-0.05, 0) is 19.8 Å². The number of hydrogen-bond acceptors (Lipinski definition) is 5. The molecule has 1 aromatic rings. The third-order valence-electron chi connectivity index (χ3n) is 5.29. The van der Waals surface area contributed by atoms with Crippen LogP contribution in [0.25, 0.3) is 0 Å². The molecule has 4 rings (SSSR count). The van der Waals surface area contributed by atoms with Gasteiger partial charge in [-0.2, -0.15) is 0 Å². The van der Waals surface area contributed by atoms with Crippen molar-refractivity contribution >= 4 is 15.7 Å². The summed E-state index contributed by atoms with van der Waals surface area (Å²) in [7, 11) is -3.09. The maximum Gasteiger partial charge on any atom is 0.226 e. The van der Waals surface area contributed by atoms with Crippen molar-refractivity contribution in [2.24, 2.45) is 5.92 Å². The number of amides is 1. The number of piperazine rings is 1. The van der Waals surface area contributed by atoms with E-state index in [-0.39, 0.29) is 35.4 Å². The summed E-state index contributed by atoms with van der Waals surface area (Å²) in [4.78, 5) is 23.9. The molecule has 3 fully saturated rings. The van der Waals surface area contributed by atoms with Crippen molar-refractivity contribution in [2.45, 2.75) is 38.4 Å². The summed E-state index contributed by atoms with van der Waals surface area (Å²) in [6, 6.07) is -0.298. The second kappa shape index (κ2) is 5.31. The van der Waals surface area contributed by atoms with Gasteiger partial charge in [0.25, 0.3) is 0 Å². The lowest BCUT2D eigenvalue weighted by Gasteiger charge is -2.43. The van der Waals surface area contributed by atoms with Crippen LogP contribution in [0.1, 0.15) is 24.2 Å². The normalized spacial score (nSPS) is 30.4. The Kier molecular flexibility index (Phi) is 3.49. The number of hydrogen-bond donors (Lipinski definition) is 1. The van der Waals surface area contributed by atoms with Crippen LogP contribution in [0.5, 0.6) is 0 Å². The Bertz CT molecular complexity index is 725. The van der Waals surface area contributed by atoms with Gasteiger partial charge >= 0.3 is 0 Å². The summed E-state index contributed by atoms with van der Waals surface area (Å²) < 4.78 is 24.4. The fourth-order valence-corrected chi connectivity index (χ4v) is 5.81. The smallest absolute Gasteiger partial charge is 0.226 e. The highest BCUT2D eigenvalue weighted by atomic mass is 32.2. The monoisotopic (exact) mass is 338 g/mol. The molecule has 8 heteroatoms. The summed E-state index contributed by atoms with van der Waals surface area (Å²) >= 11 is 0. The van der Waals surface area contributed by atoms with E-state index in [2.05, 4.69) is 14.9 Å². The van der Waals surface area contributed by atoms with E-state index in [4.69, 9.17) is 0 Å². The summed E-state index contributed by atoms with van der Waals surface area (Å²) in [5, 5.41) is 0. The molecule has 0 unspecified atom stereocenters. The van der Waals surface area contributed by atoms with E-state index in [9.17, 15) is 13.2 Å². The van der Waals surface area contributed by atoms with Crippen molar-refractivity contribution in [3.63, 3.8) is 0 Å². The summed E-state index contributed by atoms with van der Waals surface area (Å²) in [6.45, 7) is 3.94. The summed E-state index contributed by atoms with van der Waals surface area (Å²) in [5.41, 5.74) is 1.97. The number of carbonyl (C=O) groups excluding carboxylic acids is 1. The average molecular weight is 338 g/mol. The van der Waals surface area contributed by atoms with Gasteiger partial charge in [-0.1, -0.05) is 0 Å². The summed E-state index contributed by atoms with van der Waals surface area (Å²) in [5.74, 6) is 0.550. The number of imidazole rings is 1. The number of rotatable bonds is 3. The average Bonchev–Trinajstić information content (AvgIpc) is 3.18. The third-order valence-corrected chi connectivity index (χ3v) is 6.99. The fraction of sp³-hybridized carbons (Fsp3) is 0.733. The van der Waals surface area contributed by atoms with Crippen molar-refractivity contribution in [3.8, 4) is 0 Å². The van der Waals surface area contributed by atoms with Crippen LogP contribution in [0, 0.1) is 12.8 Å². The van der Waals surface area contributed by atoms with E-state index in [1.165, 1.54) is 0 Å². The number of aryl methyl sites for hydroxylation is 1. The quantitative estimate of drug-likeness (QED) is 0.834. The molecule has 0 radical (unpaired) electrons. The number of aromatic amines is 1. The molecule has 1 aromatic heterocycles. The minimum absolute atomic E-state index is 0.103. The Hall–Kier alpha value is -1.41. The lowest BCUT2D eigenvalue weighted by molar-refractivity contribution is -0.138. The topological polar surface area (TPSA) is 86.4 Å². The van der Waals surface area contributed by atoms with Crippen molar-refractivity contribution in [1.29, 1.82) is 0 Å². The second-order valence-corrected chi connectivity index (χ2v) is 9.12. The Morgan fingerprint density at radius 3 is 2.70 bits per heavy atom. The van der Waals surface area contributed by atoms with Crippen LogP contribution in [0.15, 0.2) is 6.33 Å². The van der Waals surface area contributed by atoms with Gasteiger partial charge in [0.05, 0.1) is 29.6 Å². The molecule has 126 valence electrons. The largest absolute Gasteiger partial charge is 0.348 e. The van der Waals surface area contributed by atoms with Gasteiger partial charge in [0.1, 0.15) is 0 Å². The van der Waals surface area contributed by atoms with Gasteiger partial charge < -0.3 is 9.88 Å². The first-order valence-electron chi connectivity index (χ1n) is 8.18. The fourth-order valence-electron chi connectivity index (χ4n) is 3.80. The Morgan fingerprint density at radius 1 is 1.30 bits per heavy atom. The molecule has 0 spiro atoms. The highest BCUT2D eigenvalue weighted by Crippen LogP contribution is 2.35. The number of nitrogens with zero attached hydrogens (tertiary/aromatic N) is 3. The molecule has 2 saturated heterocycles. The molecule has 3 aliphatic rings. The standard InChI is InChI=1S/C15H22N4O3S/c1-10-12(17-9-16-10)6-18-4-5-19(15(20)11-2-3-11)14-8-23(21,22)7-13(14)18/h9,11,13-14H,2-8H2,1H3,(H,16,17)/t13-,14+/m1/s1. The van der Waals surface area contributed by atoms with Gasteiger partial charge in [0.15, 0.2) is 9.84 Å². The lowest BCUT2D eigenvalue weighted by atomic mass is 10.0. The first-order valence-corrected chi connectivity index (χ1v) is 10.0. The molecule has 0 aromatic carbocycles. The van der Waals surface area contributed by atoms with E-state index in [1.54, 1.807) is 6.33 Å². The number of carbonyl (C=O) groups is 1. The van der Waals surface area contributed by atoms with E-state index in [0.29, 0.717) is 19.6 Å². The van der Waals surface area contributed by atoms with Crippen molar-refractivity contribution in [1.82, 2.24) is 19.8 Å². The zero-order valence-electron chi connectivity index (χ0n) is 13.2. The summed E-state index contributed by atoms with van der Waals surface area (Å²) in [6.07, 6.45) is 3.58. The molecular weight excluding hydrogens is 316 g/mol. The van der Waals surface area contributed by atoms with Crippen molar-refractivity contribution in [3.05, 3.63) is 17.7 Å². The highest BCUT2D eigenvalue weighted by molar-refractivity contribution is 7.91. The van der Waals surface area contributed by atoms with Crippen LogP contribution in [0.2, 0.25) is 0 Å². The van der Waals surface area contributed by atoms with E-state index in [1.807, 2.05) is 11.8 Å². The molecule has 1 N–H and O–H groups in total. The molecular formula is C15H22N4O3S. The van der Waals surface area contributed by atoms with Crippen molar-refractivity contribution < 1.29 is 13.2 Å². The van der Waals surface area contributed by atoms with E-state index < -0.39 is 9.84 Å². The lowest BCUT2D eigenvalue weighted by Crippen LogP contribution is -2.60. The van der Waals surface area contributed by atoms with Gasteiger partial charge in [-0.15, -0.1) is 0 Å². The number of H-pyrrole nitrogens is 1. The maximum atomic E-state index is 12.5. The van der Waals surface area contributed by atoms with Crippen LogP contribution < -0.4 is 0 Å². The van der Waals surface area contributed by atoms with Gasteiger partial charge in [-0.3, -0.25) is 9.69 Å². The molecule has 1 saturated carbocycles. The predicted octanol–water partition coefficient (Wildman–Crippen LogP) is -0.0621. The molecule has 3 heterocycles. The van der Waals surface area contributed by atoms with Crippen LogP contribution in [0.3, 0.4) is 0 Å². The Labute approximate surface area is 136 Å². The number of sulfone groups is 1. The second-order valence-electron chi connectivity index (χ2n) is 6.96. The SMILES string of the molecule is Cc1[nH]cnc1CN1CCN(C(=O)C2CC2)[C@H]2CS(=O)(=O)C[C@H]21. The first-order chi connectivity index (χ1) is 10.9. The minimum atomic E-state index is -3.09. The number of fused-ring (bicyclic) bond motifs is 1. The number of nitrogens with one attached hydrogen (secondary N) is 1. The van der Waals surface area contributed by atoms with E-state index >= 15 is 0 Å². The first kappa shape index (κ1) is 15.1. The number of aromatic nitrogens is 2. The molecule has 2 aliphatic heterocycles. The maximum absolute atomic E-state index is 12.5.